The largest absolute Gasteiger partial charge is 0.573 e. The molecule has 1 aromatic carbocycles. The highest BCUT2D eigenvalue weighted by atomic mass is 35.5. The van der Waals surface area contributed by atoms with Crippen LogP contribution in [-0.2, 0) is 0 Å². The fourth-order valence-electron chi connectivity index (χ4n) is 2.36. The molecule has 0 amide bonds. The van der Waals surface area contributed by atoms with Crippen LogP contribution in [0.3, 0.4) is 0 Å². The zero-order chi connectivity index (χ0) is 15.5. The Hall–Kier alpha value is -0.730. The van der Waals surface area contributed by atoms with Gasteiger partial charge in [-0.25, -0.2) is 0 Å². The van der Waals surface area contributed by atoms with Gasteiger partial charge < -0.3 is 15.2 Å². The Morgan fingerprint density at radius 1 is 1.32 bits per heavy atom. The van der Waals surface area contributed by atoms with Gasteiger partial charge in [-0.2, -0.15) is 0 Å². The highest BCUT2D eigenvalue weighted by Crippen LogP contribution is 2.33. The van der Waals surface area contributed by atoms with Crippen molar-refractivity contribution in [3.8, 4) is 5.75 Å². The van der Waals surface area contributed by atoms with Gasteiger partial charge in [0.25, 0.3) is 0 Å². The minimum absolute atomic E-state index is 0. The molecule has 2 N–H and O–H groups in total. The molecule has 0 spiro atoms. The Kier molecular flexibility index (Phi) is 7.21. The summed E-state index contributed by atoms with van der Waals surface area (Å²) in [5, 5.41) is 12.6. The zero-order valence-electron chi connectivity index (χ0n) is 11.6. The molecule has 9 heteroatoms. The van der Waals surface area contributed by atoms with Gasteiger partial charge in [-0.3, -0.25) is 4.90 Å². The van der Waals surface area contributed by atoms with Gasteiger partial charge in [-0.1, -0.05) is 17.7 Å². The number of rotatable bonds is 4. The summed E-state index contributed by atoms with van der Waals surface area (Å²) in [4.78, 5) is 2.06. The molecule has 0 bridgehead atoms. The van der Waals surface area contributed by atoms with Crippen LogP contribution in [0.4, 0.5) is 13.2 Å². The van der Waals surface area contributed by atoms with Crippen molar-refractivity contribution in [2.75, 3.05) is 32.8 Å². The second-order valence-corrected chi connectivity index (χ2v) is 5.13. The van der Waals surface area contributed by atoms with Crippen molar-refractivity contribution in [1.82, 2.24) is 10.2 Å². The van der Waals surface area contributed by atoms with Crippen LogP contribution in [0.1, 0.15) is 11.6 Å². The number of aliphatic hydroxyl groups excluding tert-OH is 1. The SMILES string of the molecule is Cl.OC[C@H](c1ccc(OC(F)(F)F)c(Cl)c1)N1CCNCC1. The summed E-state index contributed by atoms with van der Waals surface area (Å²) in [7, 11) is 0. The van der Waals surface area contributed by atoms with E-state index in [4.69, 9.17) is 11.6 Å². The van der Waals surface area contributed by atoms with E-state index in [0.29, 0.717) is 5.56 Å². The number of nitrogens with one attached hydrogen (secondary N) is 1. The summed E-state index contributed by atoms with van der Waals surface area (Å²) in [5.41, 5.74) is 0.666. The maximum Gasteiger partial charge on any atom is 0.573 e. The molecule has 0 unspecified atom stereocenters. The Morgan fingerprint density at radius 3 is 2.45 bits per heavy atom. The molecule has 0 saturated carbocycles. The van der Waals surface area contributed by atoms with E-state index in [0.717, 1.165) is 26.2 Å². The van der Waals surface area contributed by atoms with Crippen LogP contribution < -0.4 is 10.1 Å². The molecule has 0 aliphatic carbocycles. The van der Waals surface area contributed by atoms with E-state index >= 15 is 0 Å². The first kappa shape index (κ1) is 19.3. The first-order valence-electron chi connectivity index (χ1n) is 6.51. The molecule has 1 heterocycles. The third-order valence-electron chi connectivity index (χ3n) is 3.33. The first-order chi connectivity index (χ1) is 9.90. The van der Waals surface area contributed by atoms with Crippen LogP contribution in [0.15, 0.2) is 18.2 Å². The van der Waals surface area contributed by atoms with Gasteiger partial charge >= 0.3 is 6.36 Å². The minimum atomic E-state index is -4.78. The third-order valence-corrected chi connectivity index (χ3v) is 3.63. The number of benzene rings is 1. The minimum Gasteiger partial charge on any atom is -0.404 e. The number of halogens is 5. The lowest BCUT2D eigenvalue weighted by Crippen LogP contribution is -2.46. The first-order valence-corrected chi connectivity index (χ1v) is 6.89. The number of nitrogens with zero attached hydrogens (tertiary/aromatic N) is 1. The summed E-state index contributed by atoms with van der Waals surface area (Å²) < 4.78 is 40.4. The van der Waals surface area contributed by atoms with Gasteiger partial charge in [0.15, 0.2) is 0 Å². The molecule has 126 valence electrons. The van der Waals surface area contributed by atoms with Crippen LogP contribution in [-0.4, -0.2) is 49.2 Å². The second-order valence-electron chi connectivity index (χ2n) is 4.72. The van der Waals surface area contributed by atoms with E-state index in [-0.39, 0.29) is 30.1 Å². The normalized spacial score (nSPS) is 17.7. The fourth-order valence-corrected chi connectivity index (χ4v) is 2.58. The number of alkyl halides is 3. The predicted octanol–water partition coefficient (Wildman–Crippen LogP) is 2.60. The summed E-state index contributed by atoms with van der Waals surface area (Å²) in [5.74, 6) is -0.440. The summed E-state index contributed by atoms with van der Waals surface area (Å²) in [6, 6.07) is 3.79. The summed E-state index contributed by atoms with van der Waals surface area (Å²) in [6.07, 6.45) is -4.78. The highest BCUT2D eigenvalue weighted by molar-refractivity contribution is 6.32. The average Bonchev–Trinajstić information content (AvgIpc) is 2.42. The molecule has 0 aromatic heterocycles. The Balaban J connectivity index is 0.00000242. The topological polar surface area (TPSA) is 44.7 Å². The number of hydrogen-bond acceptors (Lipinski definition) is 4. The maximum atomic E-state index is 12.2. The van der Waals surface area contributed by atoms with Crippen molar-refractivity contribution < 1.29 is 23.0 Å². The van der Waals surface area contributed by atoms with Gasteiger partial charge in [0.05, 0.1) is 17.7 Å². The molecule has 1 aliphatic rings. The van der Waals surface area contributed by atoms with E-state index in [1.165, 1.54) is 18.2 Å². The fraction of sp³-hybridized carbons (Fsp3) is 0.538. The maximum absolute atomic E-state index is 12.2. The van der Waals surface area contributed by atoms with E-state index < -0.39 is 12.1 Å². The molecule has 2 rings (SSSR count). The van der Waals surface area contributed by atoms with Crippen LogP contribution in [0.2, 0.25) is 5.02 Å². The average molecular weight is 361 g/mol. The van der Waals surface area contributed by atoms with Crippen LogP contribution in [0.5, 0.6) is 5.75 Å². The molecule has 0 radical (unpaired) electrons. The lowest BCUT2D eigenvalue weighted by molar-refractivity contribution is -0.274. The van der Waals surface area contributed by atoms with Crippen LogP contribution in [0.25, 0.3) is 0 Å². The molecule has 1 saturated heterocycles. The second kappa shape index (κ2) is 8.21. The van der Waals surface area contributed by atoms with E-state index in [1.807, 2.05) is 0 Å². The van der Waals surface area contributed by atoms with E-state index in [1.54, 1.807) is 0 Å². The van der Waals surface area contributed by atoms with Crippen molar-refractivity contribution in [3.63, 3.8) is 0 Å². The van der Waals surface area contributed by atoms with Gasteiger partial charge in [0, 0.05) is 26.2 Å². The molecule has 1 aromatic rings. The highest BCUT2D eigenvalue weighted by Gasteiger charge is 2.32. The monoisotopic (exact) mass is 360 g/mol. The zero-order valence-corrected chi connectivity index (χ0v) is 13.1. The standard InChI is InChI=1S/C13H16ClF3N2O2.ClH/c14-10-7-9(1-2-12(10)21-13(15,16)17)11(8-20)19-5-3-18-4-6-19;/h1-2,7,11,18,20H,3-6,8H2;1H/t11-;/m1./s1. The predicted molar refractivity (Wildman–Crippen MR) is 79.7 cm³/mol. The smallest absolute Gasteiger partial charge is 0.404 e. The number of aliphatic hydroxyl groups is 1. The van der Waals surface area contributed by atoms with Crippen LogP contribution in [0, 0.1) is 0 Å². The van der Waals surface area contributed by atoms with Crippen LogP contribution >= 0.6 is 24.0 Å². The van der Waals surface area contributed by atoms with Crippen molar-refractivity contribution in [2.24, 2.45) is 0 Å². The number of ether oxygens (including phenoxy) is 1. The lowest BCUT2D eigenvalue weighted by atomic mass is 10.0. The summed E-state index contributed by atoms with van der Waals surface area (Å²) >= 11 is 5.84. The van der Waals surface area contributed by atoms with Gasteiger partial charge in [-0.05, 0) is 17.7 Å². The molecule has 1 fully saturated rings. The quantitative estimate of drug-likeness (QED) is 0.866. The van der Waals surface area contributed by atoms with Crippen molar-refractivity contribution in [2.45, 2.75) is 12.4 Å². The molecular formula is C13H17Cl2F3N2O2. The molecule has 4 nitrogen and oxygen atoms in total. The van der Waals surface area contributed by atoms with Crippen molar-refractivity contribution in [1.29, 1.82) is 0 Å². The molecular weight excluding hydrogens is 344 g/mol. The number of hydrogen-bond donors (Lipinski definition) is 2. The van der Waals surface area contributed by atoms with Gasteiger partial charge in [0.2, 0.25) is 0 Å². The van der Waals surface area contributed by atoms with E-state index in [9.17, 15) is 18.3 Å². The molecule has 22 heavy (non-hydrogen) atoms. The number of piperazine rings is 1. The van der Waals surface area contributed by atoms with Gasteiger partial charge in [-0.15, -0.1) is 25.6 Å². The Bertz CT molecular complexity index is 483. The van der Waals surface area contributed by atoms with Crippen molar-refractivity contribution >= 4 is 24.0 Å². The molecule has 1 atom stereocenters. The Morgan fingerprint density at radius 2 is 1.95 bits per heavy atom. The lowest BCUT2D eigenvalue weighted by Gasteiger charge is -2.34. The van der Waals surface area contributed by atoms with Gasteiger partial charge in [0.1, 0.15) is 5.75 Å². The van der Waals surface area contributed by atoms with Crippen molar-refractivity contribution in [3.05, 3.63) is 28.8 Å². The Labute approximate surface area is 137 Å². The molecule has 1 aliphatic heterocycles. The summed E-state index contributed by atoms with van der Waals surface area (Å²) in [6.45, 7) is 2.99. The third kappa shape index (κ3) is 5.17. The van der Waals surface area contributed by atoms with E-state index in [2.05, 4.69) is 15.0 Å².